The van der Waals surface area contributed by atoms with Crippen molar-refractivity contribution in [1.82, 2.24) is 20.5 Å². The van der Waals surface area contributed by atoms with E-state index in [-0.39, 0.29) is 0 Å². The molecule has 1 saturated heterocycles. The lowest BCUT2D eigenvalue weighted by atomic mass is 9.98. The Bertz CT molecular complexity index is 402. The zero-order valence-corrected chi connectivity index (χ0v) is 11.3. The molecule has 3 rings (SSSR count). The fourth-order valence-corrected chi connectivity index (χ4v) is 3.24. The lowest BCUT2D eigenvalue weighted by Gasteiger charge is -2.30. The van der Waals surface area contributed by atoms with Crippen molar-refractivity contribution in [2.45, 2.75) is 45.1 Å². The van der Waals surface area contributed by atoms with Crippen LogP contribution < -0.4 is 10.2 Å². The number of rotatable bonds is 2. The van der Waals surface area contributed by atoms with Crippen LogP contribution in [0.1, 0.15) is 44.9 Å². The van der Waals surface area contributed by atoms with Crippen molar-refractivity contribution in [2.75, 3.05) is 24.5 Å². The zero-order valence-electron chi connectivity index (χ0n) is 11.3. The van der Waals surface area contributed by atoms with Crippen LogP contribution in [-0.4, -0.2) is 40.9 Å². The number of aromatic amines is 1. The molecular formula is C13H23N5. The minimum Gasteiger partial charge on any atom is -0.337 e. The number of H-pyrrole nitrogens is 1. The smallest absolute Gasteiger partial charge is 0.244 e. The average molecular weight is 249 g/mol. The number of piperazine rings is 1. The molecule has 1 aromatic heterocycles. The Morgan fingerprint density at radius 3 is 2.89 bits per heavy atom. The highest BCUT2D eigenvalue weighted by atomic mass is 15.4. The number of hydrogen-bond donors (Lipinski definition) is 2. The highest BCUT2D eigenvalue weighted by molar-refractivity contribution is 5.30. The summed E-state index contributed by atoms with van der Waals surface area (Å²) in [6.07, 6.45) is 3.91. The lowest BCUT2D eigenvalue weighted by molar-refractivity contribution is 0.479. The normalized spacial score (nSPS) is 33.0. The number of nitrogens with zero attached hydrogens (tertiary/aromatic N) is 3. The SMILES string of the molecule is CC1CN(c2n[nH]c(C3CCCC3C)n2)CCN1. The molecule has 0 aromatic carbocycles. The Labute approximate surface area is 108 Å². The van der Waals surface area contributed by atoms with E-state index in [4.69, 9.17) is 4.98 Å². The van der Waals surface area contributed by atoms with Gasteiger partial charge in [-0.15, -0.1) is 5.10 Å². The molecule has 2 N–H and O–H groups in total. The molecule has 3 unspecified atom stereocenters. The van der Waals surface area contributed by atoms with Crippen LogP contribution in [0.25, 0.3) is 0 Å². The highest BCUT2D eigenvalue weighted by Crippen LogP contribution is 2.37. The van der Waals surface area contributed by atoms with Gasteiger partial charge in [-0.3, -0.25) is 5.10 Å². The molecule has 2 fully saturated rings. The molecule has 0 amide bonds. The molecule has 3 atom stereocenters. The van der Waals surface area contributed by atoms with Crippen LogP contribution in [0.5, 0.6) is 0 Å². The molecule has 100 valence electrons. The third kappa shape index (κ3) is 2.23. The van der Waals surface area contributed by atoms with E-state index in [9.17, 15) is 0 Å². The Morgan fingerprint density at radius 2 is 2.17 bits per heavy atom. The summed E-state index contributed by atoms with van der Waals surface area (Å²) in [5, 5.41) is 11.0. The van der Waals surface area contributed by atoms with Crippen LogP contribution in [-0.2, 0) is 0 Å². The first-order valence-electron chi connectivity index (χ1n) is 7.14. The van der Waals surface area contributed by atoms with Gasteiger partial charge in [0.2, 0.25) is 5.95 Å². The summed E-state index contributed by atoms with van der Waals surface area (Å²) < 4.78 is 0. The largest absolute Gasteiger partial charge is 0.337 e. The molecule has 1 saturated carbocycles. The van der Waals surface area contributed by atoms with Crippen molar-refractivity contribution < 1.29 is 0 Å². The third-order valence-corrected chi connectivity index (χ3v) is 4.36. The van der Waals surface area contributed by atoms with E-state index in [0.717, 1.165) is 37.3 Å². The van der Waals surface area contributed by atoms with E-state index < -0.39 is 0 Å². The van der Waals surface area contributed by atoms with Crippen molar-refractivity contribution in [1.29, 1.82) is 0 Å². The fourth-order valence-electron chi connectivity index (χ4n) is 3.24. The van der Waals surface area contributed by atoms with Crippen LogP contribution in [0, 0.1) is 5.92 Å². The molecule has 1 aliphatic carbocycles. The van der Waals surface area contributed by atoms with Crippen LogP contribution in [0.4, 0.5) is 5.95 Å². The maximum atomic E-state index is 4.73. The van der Waals surface area contributed by atoms with Gasteiger partial charge in [0, 0.05) is 31.6 Å². The predicted molar refractivity (Wildman–Crippen MR) is 71.8 cm³/mol. The Morgan fingerprint density at radius 1 is 1.28 bits per heavy atom. The molecule has 0 spiro atoms. The Balaban J connectivity index is 1.72. The van der Waals surface area contributed by atoms with Crippen molar-refractivity contribution in [3.05, 3.63) is 5.82 Å². The van der Waals surface area contributed by atoms with Crippen molar-refractivity contribution in [3.8, 4) is 0 Å². The van der Waals surface area contributed by atoms with Gasteiger partial charge in [0.15, 0.2) is 0 Å². The van der Waals surface area contributed by atoms with Gasteiger partial charge in [-0.25, -0.2) is 0 Å². The predicted octanol–water partition coefficient (Wildman–Crippen LogP) is 1.51. The van der Waals surface area contributed by atoms with Gasteiger partial charge in [-0.05, 0) is 25.7 Å². The number of aromatic nitrogens is 3. The summed E-state index contributed by atoms with van der Waals surface area (Å²) in [4.78, 5) is 7.01. The maximum absolute atomic E-state index is 4.73. The summed E-state index contributed by atoms with van der Waals surface area (Å²) in [5.74, 6) is 3.32. The number of hydrogen-bond acceptors (Lipinski definition) is 4. The van der Waals surface area contributed by atoms with Gasteiger partial charge in [-0.2, -0.15) is 4.98 Å². The van der Waals surface area contributed by atoms with Gasteiger partial charge < -0.3 is 10.2 Å². The fraction of sp³-hybridized carbons (Fsp3) is 0.846. The molecule has 0 radical (unpaired) electrons. The van der Waals surface area contributed by atoms with Gasteiger partial charge in [0.25, 0.3) is 0 Å². The van der Waals surface area contributed by atoms with E-state index in [1.807, 2.05) is 0 Å². The van der Waals surface area contributed by atoms with E-state index in [1.165, 1.54) is 19.3 Å². The summed E-state index contributed by atoms with van der Waals surface area (Å²) in [5.41, 5.74) is 0. The average Bonchev–Trinajstić information content (AvgIpc) is 2.97. The van der Waals surface area contributed by atoms with E-state index in [2.05, 4.69) is 34.3 Å². The second kappa shape index (κ2) is 4.88. The van der Waals surface area contributed by atoms with E-state index >= 15 is 0 Å². The van der Waals surface area contributed by atoms with Crippen molar-refractivity contribution in [2.24, 2.45) is 5.92 Å². The number of nitrogens with one attached hydrogen (secondary N) is 2. The minimum atomic E-state index is 0.520. The second-order valence-electron chi connectivity index (χ2n) is 5.84. The molecular weight excluding hydrogens is 226 g/mol. The van der Waals surface area contributed by atoms with Gasteiger partial charge in [0.05, 0.1) is 0 Å². The summed E-state index contributed by atoms with van der Waals surface area (Å²) >= 11 is 0. The van der Waals surface area contributed by atoms with Crippen molar-refractivity contribution in [3.63, 3.8) is 0 Å². The molecule has 2 heterocycles. The van der Waals surface area contributed by atoms with Crippen LogP contribution >= 0.6 is 0 Å². The monoisotopic (exact) mass is 249 g/mol. The molecule has 2 aliphatic rings. The number of anilines is 1. The first kappa shape index (κ1) is 12.0. The summed E-state index contributed by atoms with van der Waals surface area (Å²) in [6.45, 7) is 7.55. The van der Waals surface area contributed by atoms with Gasteiger partial charge >= 0.3 is 0 Å². The molecule has 1 aromatic rings. The standard InChI is InChI=1S/C13H23N5/c1-9-4-3-5-11(9)12-15-13(17-16-12)18-7-6-14-10(2)8-18/h9-11,14H,3-8H2,1-2H3,(H,15,16,17). The molecule has 0 bridgehead atoms. The molecule has 5 heteroatoms. The third-order valence-electron chi connectivity index (χ3n) is 4.36. The first-order valence-corrected chi connectivity index (χ1v) is 7.14. The maximum Gasteiger partial charge on any atom is 0.244 e. The van der Waals surface area contributed by atoms with Crippen LogP contribution in [0.15, 0.2) is 0 Å². The van der Waals surface area contributed by atoms with Crippen LogP contribution in [0.2, 0.25) is 0 Å². The highest BCUT2D eigenvalue weighted by Gasteiger charge is 2.28. The van der Waals surface area contributed by atoms with Gasteiger partial charge in [-0.1, -0.05) is 13.3 Å². The van der Waals surface area contributed by atoms with Crippen molar-refractivity contribution >= 4 is 5.95 Å². The van der Waals surface area contributed by atoms with E-state index in [0.29, 0.717) is 12.0 Å². The summed E-state index contributed by atoms with van der Waals surface area (Å²) in [6, 6.07) is 0.520. The second-order valence-corrected chi connectivity index (χ2v) is 5.84. The lowest BCUT2D eigenvalue weighted by Crippen LogP contribution is -2.49. The van der Waals surface area contributed by atoms with Gasteiger partial charge in [0.1, 0.15) is 5.82 Å². The molecule has 5 nitrogen and oxygen atoms in total. The summed E-state index contributed by atoms with van der Waals surface area (Å²) in [7, 11) is 0. The zero-order chi connectivity index (χ0) is 12.5. The Kier molecular flexibility index (Phi) is 3.24. The van der Waals surface area contributed by atoms with E-state index in [1.54, 1.807) is 0 Å². The first-order chi connectivity index (χ1) is 8.74. The minimum absolute atomic E-state index is 0.520. The quantitative estimate of drug-likeness (QED) is 0.834. The Hall–Kier alpha value is -1.10. The molecule has 1 aliphatic heterocycles. The molecule has 18 heavy (non-hydrogen) atoms. The topological polar surface area (TPSA) is 56.8 Å². The van der Waals surface area contributed by atoms with Crippen LogP contribution in [0.3, 0.4) is 0 Å².